The Morgan fingerprint density at radius 1 is 1.22 bits per heavy atom. The first kappa shape index (κ1) is 9.36. The van der Waals surface area contributed by atoms with Gasteiger partial charge in [-0.3, -0.25) is 0 Å². The first-order valence-corrected chi connectivity index (χ1v) is 2.96. The predicted octanol–water partition coefficient (Wildman–Crippen LogP) is 2.47. The maximum atomic E-state index is 3.26. The van der Waals surface area contributed by atoms with E-state index < -0.39 is 0 Å². The molecule has 0 aromatic rings. The fourth-order valence-corrected chi connectivity index (χ4v) is 1.00. The second-order valence-corrected chi connectivity index (χ2v) is 2.49. The molecule has 0 fully saturated rings. The van der Waals surface area contributed by atoms with E-state index in [0.717, 1.165) is 6.42 Å². The first-order valence-electron chi connectivity index (χ1n) is 2.96. The zero-order chi connectivity index (χ0) is 6.15. The van der Waals surface area contributed by atoms with Crippen molar-refractivity contribution < 1.29 is 26.2 Å². The Balaban J connectivity index is 0.000000640. The molecule has 0 aliphatic heterocycles. The summed E-state index contributed by atoms with van der Waals surface area (Å²) in [6.07, 6.45) is 4.41. The molecule has 0 atom stereocenters. The van der Waals surface area contributed by atoms with E-state index in [1.807, 2.05) is 0 Å². The Labute approximate surface area is 76.2 Å². The second-order valence-electron chi connectivity index (χ2n) is 2.49. The van der Waals surface area contributed by atoms with Crippen LogP contribution in [0.1, 0.15) is 27.2 Å². The van der Waals surface area contributed by atoms with Crippen LogP contribution in [-0.4, -0.2) is 0 Å². The van der Waals surface area contributed by atoms with Crippen LogP contribution < -0.4 is 0 Å². The van der Waals surface area contributed by atoms with Gasteiger partial charge in [0.25, 0.3) is 0 Å². The number of hydrogen-bond acceptors (Lipinski definition) is 0. The summed E-state index contributed by atoms with van der Waals surface area (Å²) in [4.78, 5) is 0. The van der Waals surface area contributed by atoms with Gasteiger partial charge in [-0.25, -0.2) is 17.2 Å². The zero-order valence-electron chi connectivity index (χ0n) is 6.21. The van der Waals surface area contributed by atoms with Gasteiger partial charge in [0.15, 0.2) is 0 Å². The minimum Gasteiger partial charge on any atom is -0.250 e. The molecule has 0 N–H and O–H groups in total. The SMILES string of the molecule is CC1=[C-]C(C)=C(C)C1.[Zr]. The van der Waals surface area contributed by atoms with Gasteiger partial charge in [0.1, 0.15) is 0 Å². The second kappa shape index (κ2) is 3.51. The fraction of sp³-hybridized carbons (Fsp3) is 0.500. The third-order valence-electron chi connectivity index (χ3n) is 1.57. The van der Waals surface area contributed by atoms with Gasteiger partial charge < -0.3 is 0 Å². The molecule has 0 amide bonds. The van der Waals surface area contributed by atoms with Crippen LogP contribution >= 0.6 is 0 Å². The summed E-state index contributed by atoms with van der Waals surface area (Å²) in [5, 5.41) is 0. The van der Waals surface area contributed by atoms with Gasteiger partial charge >= 0.3 is 0 Å². The average molecular weight is 198 g/mol. The minimum atomic E-state index is 0. The van der Waals surface area contributed by atoms with Crippen molar-refractivity contribution in [1.82, 2.24) is 0 Å². The monoisotopic (exact) mass is 197 g/mol. The van der Waals surface area contributed by atoms with Crippen molar-refractivity contribution in [2.24, 2.45) is 0 Å². The molecule has 0 aromatic heterocycles. The van der Waals surface area contributed by atoms with Gasteiger partial charge in [-0.2, -0.15) is 5.57 Å². The van der Waals surface area contributed by atoms with Crippen LogP contribution in [-0.2, 0) is 26.2 Å². The Morgan fingerprint density at radius 2 is 1.78 bits per heavy atom. The summed E-state index contributed by atoms with van der Waals surface area (Å²) in [5.41, 5.74) is 4.19. The normalized spacial score (nSPS) is 17.4. The molecule has 0 nitrogen and oxygen atoms in total. The Bertz CT molecular complexity index is 163. The third-order valence-corrected chi connectivity index (χ3v) is 1.57. The smallest absolute Gasteiger partial charge is 0 e. The van der Waals surface area contributed by atoms with Gasteiger partial charge in [-0.15, -0.1) is 6.92 Å². The summed E-state index contributed by atoms with van der Waals surface area (Å²) in [6.45, 7) is 6.41. The molecule has 0 heterocycles. The molecule has 1 heteroatoms. The summed E-state index contributed by atoms with van der Waals surface area (Å²) in [5.74, 6) is 0. The number of allylic oxidation sites excluding steroid dienone is 4. The van der Waals surface area contributed by atoms with Crippen LogP contribution in [0.3, 0.4) is 0 Å². The van der Waals surface area contributed by atoms with E-state index in [1.54, 1.807) is 0 Å². The largest absolute Gasteiger partial charge is 0.250 e. The van der Waals surface area contributed by atoms with Crippen LogP contribution in [0.25, 0.3) is 0 Å². The van der Waals surface area contributed by atoms with Crippen molar-refractivity contribution in [3.05, 3.63) is 22.8 Å². The van der Waals surface area contributed by atoms with Crippen LogP contribution in [0.2, 0.25) is 0 Å². The molecule has 0 spiro atoms. The molecule has 1 rings (SSSR count). The van der Waals surface area contributed by atoms with Gasteiger partial charge in [0.2, 0.25) is 0 Å². The molecule has 48 valence electrons. The molecular weight excluding hydrogens is 187 g/mol. The van der Waals surface area contributed by atoms with Crippen molar-refractivity contribution >= 4 is 0 Å². The van der Waals surface area contributed by atoms with Gasteiger partial charge in [-0.05, 0) is 0 Å². The Kier molecular flexibility index (Phi) is 3.65. The van der Waals surface area contributed by atoms with E-state index in [-0.39, 0.29) is 26.2 Å². The number of hydrogen-bond donors (Lipinski definition) is 0. The van der Waals surface area contributed by atoms with E-state index in [1.165, 1.54) is 16.7 Å². The Hall–Kier alpha value is 0.363. The van der Waals surface area contributed by atoms with Crippen LogP contribution in [0.4, 0.5) is 0 Å². The molecule has 0 saturated carbocycles. The maximum absolute atomic E-state index is 3.26. The summed E-state index contributed by atoms with van der Waals surface area (Å²) < 4.78 is 0. The molecule has 0 unspecified atom stereocenters. The molecule has 1 aliphatic carbocycles. The van der Waals surface area contributed by atoms with Crippen molar-refractivity contribution in [2.75, 3.05) is 0 Å². The van der Waals surface area contributed by atoms with E-state index >= 15 is 0 Å². The van der Waals surface area contributed by atoms with Crippen molar-refractivity contribution in [2.45, 2.75) is 27.2 Å². The van der Waals surface area contributed by atoms with Crippen molar-refractivity contribution in [1.29, 1.82) is 0 Å². The third kappa shape index (κ3) is 2.22. The maximum Gasteiger partial charge on any atom is 0 e. The van der Waals surface area contributed by atoms with E-state index in [4.69, 9.17) is 0 Å². The van der Waals surface area contributed by atoms with Crippen LogP contribution in [0, 0.1) is 6.08 Å². The standard InChI is InChI=1S/C8H11.Zr/c1-6-4-7(2)8(3)5-6;/h4H2,1-3H3;/q-1;. The van der Waals surface area contributed by atoms with Crippen LogP contribution in [0.15, 0.2) is 16.7 Å². The summed E-state index contributed by atoms with van der Waals surface area (Å²) in [6, 6.07) is 0. The molecule has 0 radical (unpaired) electrons. The zero-order valence-corrected chi connectivity index (χ0v) is 8.67. The number of rotatable bonds is 0. The van der Waals surface area contributed by atoms with E-state index in [2.05, 4.69) is 26.8 Å². The topological polar surface area (TPSA) is 0 Å². The van der Waals surface area contributed by atoms with E-state index in [0.29, 0.717) is 0 Å². The Morgan fingerprint density at radius 3 is 1.89 bits per heavy atom. The molecule has 9 heavy (non-hydrogen) atoms. The van der Waals surface area contributed by atoms with Gasteiger partial charge in [0, 0.05) is 26.2 Å². The van der Waals surface area contributed by atoms with Crippen LogP contribution in [0.5, 0.6) is 0 Å². The molecule has 0 saturated heterocycles. The predicted molar refractivity (Wildman–Crippen MR) is 35.4 cm³/mol. The molecular formula is C8H11Zr-. The fourth-order valence-electron chi connectivity index (χ4n) is 1.00. The van der Waals surface area contributed by atoms with E-state index in [9.17, 15) is 0 Å². The van der Waals surface area contributed by atoms with Gasteiger partial charge in [-0.1, -0.05) is 20.3 Å². The molecule has 1 aliphatic rings. The quantitative estimate of drug-likeness (QED) is 0.525. The average Bonchev–Trinajstić information content (AvgIpc) is 1.85. The summed E-state index contributed by atoms with van der Waals surface area (Å²) in [7, 11) is 0. The first-order chi connectivity index (χ1) is 3.70. The van der Waals surface area contributed by atoms with Crippen molar-refractivity contribution in [3.63, 3.8) is 0 Å². The summed E-state index contributed by atoms with van der Waals surface area (Å²) >= 11 is 0. The molecule has 0 aromatic carbocycles. The van der Waals surface area contributed by atoms with Crippen molar-refractivity contribution in [3.8, 4) is 0 Å². The minimum absolute atomic E-state index is 0. The van der Waals surface area contributed by atoms with Gasteiger partial charge in [0.05, 0.1) is 0 Å². The molecule has 0 bridgehead atoms.